The number of halogens is 3. The summed E-state index contributed by atoms with van der Waals surface area (Å²) in [5.74, 6) is 0.406. The molecular weight excluding hydrogens is 273 g/mol. The molecule has 0 saturated carbocycles. The van der Waals surface area contributed by atoms with Crippen LogP contribution in [0.1, 0.15) is 5.56 Å². The molecule has 0 atom stereocenters. The molecule has 8 heteroatoms. The van der Waals surface area contributed by atoms with Gasteiger partial charge >= 0.3 is 6.36 Å². The van der Waals surface area contributed by atoms with Gasteiger partial charge < -0.3 is 10.1 Å². The molecule has 0 radical (unpaired) electrons. The highest BCUT2D eigenvalue weighted by atomic mass is 19.4. The van der Waals surface area contributed by atoms with Crippen LogP contribution in [0, 0.1) is 0 Å². The van der Waals surface area contributed by atoms with E-state index in [4.69, 9.17) is 0 Å². The van der Waals surface area contributed by atoms with Gasteiger partial charge in [0.2, 0.25) is 5.96 Å². The van der Waals surface area contributed by atoms with Gasteiger partial charge in [-0.3, -0.25) is 0 Å². The second-order valence-corrected chi connectivity index (χ2v) is 4.02. The van der Waals surface area contributed by atoms with Crippen LogP contribution in [0.3, 0.4) is 0 Å². The van der Waals surface area contributed by atoms with Crippen molar-refractivity contribution in [3.05, 3.63) is 29.8 Å². The molecule has 1 heterocycles. The summed E-state index contributed by atoms with van der Waals surface area (Å²) in [4.78, 5) is 4.18. The Balaban J connectivity index is 1.96. The molecule has 1 aliphatic rings. The number of rotatable bonds is 3. The predicted octanol–water partition coefficient (Wildman–Crippen LogP) is 1.81. The van der Waals surface area contributed by atoms with E-state index in [-0.39, 0.29) is 5.75 Å². The van der Waals surface area contributed by atoms with Crippen molar-refractivity contribution < 1.29 is 17.9 Å². The van der Waals surface area contributed by atoms with Crippen LogP contribution in [-0.4, -0.2) is 43.7 Å². The van der Waals surface area contributed by atoms with Crippen LogP contribution in [0.15, 0.2) is 34.4 Å². The van der Waals surface area contributed by atoms with E-state index in [9.17, 15) is 13.2 Å². The SMILES string of the molecule is CN(/N=C/c1ccc(OC(F)(F)F)cc1)C1=NCCN1. The average Bonchev–Trinajstić information content (AvgIpc) is 2.89. The molecule has 108 valence electrons. The monoisotopic (exact) mass is 286 g/mol. The fourth-order valence-corrected chi connectivity index (χ4v) is 1.57. The number of hydrogen-bond donors (Lipinski definition) is 1. The highest BCUT2D eigenvalue weighted by Crippen LogP contribution is 2.22. The number of hydrogen-bond acceptors (Lipinski definition) is 5. The van der Waals surface area contributed by atoms with Crippen LogP contribution in [-0.2, 0) is 0 Å². The smallest absolute Gasteiger partial charge is 0.406 e. The molecule has 0 bridgehead atoms. The van der Waals surface area contributed by atoms with E-state index in [2.05, 4.69) is 20.1 Å². The minimum atomic E-state index is -4.68. The third kappa shape index (κ3) is 4.15. The van der Waals surface area contributed by atoms with Gasteiger partial charge in [-0.25, -0.2) is 10.0 Å². The van der Waals surface area contributed by atoms with Gasteiger partial charge in [0.25, 0.3) is 0 Å². The zero-order valence-electron chi connectivity index (χ0n) is 10.7. The molecule has 0 spiro atoms. The van der Waals surface area contributed by atoms with Crippen molar-refractivity contribution in [2.45, 2.75) is 6.36 Å². The molecule has 1 N–H and O–H groups in total. The first-order valence-electron chi connectivity index (χ1n) is 5.86. The van der Waals surface area contributed by atoms with Crippen LogP contribution in [0.5, 0.6) is 5.75 Å². The summed E-state index contributed by atoms with van der Waals surface area (Å²) in [6.07, 6.45) is -3.15. The third-order valence-electron chi connectivity index (χ3n) is 2.46. The van der Waals surface area contributed by atoms with Gasteiger partial charge in [0.1, 0.15) is 5.75 Å². The molecule has 0 amide bonds. The fourth-order valence-electron chi connectivity index (χ4n) is 1.57. The second kappa shape index (κ2) is 5.81. The first-order valence-corrected chi connectivity index (χ1v) is 5.86. The molecule has 2 rings (SSSR count). The Labute approximate surface area is 113 Å². The van der Waals surface area contributed by atoms with E-state index in [1.165, 1.54) is 30.5 Å². The zero-order chi connectivity index (χ0) is 14.6. The summed E-state index contributed by atoms with van der Waals surface area (Å²) >= 11 is 0. The summed E-state index contributed by atoms with van der Waals surface area (Å²) in [7, 11) is 1.73. The molecule has 1 aliphatic heterocycles. The molecule has 0 unspecified atom stereocenters. The van der Waals surface area contributed by atoms with E-state index in [1.807, 2.05) is 0 Å². The molecule has 5 nitrogen and oxygen atoms in total. The molecule has 20 heavy (non-hydrogen) atoms. The van der Waals surface area contributed by atoms with E-state index in [0.29, 0.717) is 18.1 Å². The molecule has 0 aliphatic carbocycles. The van der Waals surface area contributed by atoms with Gasteiger partial charge in [-0.1, -0.05) is 0 Å². The van der Waals surface area contributed by atoms with E-state index >= 15 is 0 Å². The van der Waals surface area contributed by atoms with Crippen LogP contribution in [0.25, 0.3) is 0 Å². The standard InChI is InChI=1S/C12H13F3N4O/c1-19(11-16-6-7-17-11)18-8-9-2-4-10(5-3-9)20-12(13,14)15/h2-5,8H,6-7H2,1H3,(H,16,17)/b18-8+. The van der Waals surface area contributed by atoms with Crippen LogP contribution < -0.4 is 10.1 Å². The van der Waals surface area contributed by atoms with Gasteiger partial charge in [-0.05, 0) is 29.8 Å². The molecule has 0 saturated heterocycles. The quantitative estimate of drug-likeness (QED) is 0.681. The van der Waals surface area contributed by atoms with Gasteiger partial charge in [0, 0.05) is 13.6 Å². The minimum Gasteiger partial charge on any atom is -0.406 e. The van der Waals surface area contributed by atoms with Gasteiger partial charge in [0.15, 0.2) is 0 Å². The third-order valence-corrected chi connectivity index (χ3v) is 2.46. The Bertz CT molecular complexity index is 510. The van der Waals surface area contributed by atoms with Gasteiger partial charge in [0.05, 0.1) is 12.8 Å². The molecule has 1 aromatic rings. The number of nitrogens with one attached hydrogen (secondary N) is 1. The number of alkyl halides is 3. The number of ether oxygens (including phenoxy) is 1. The number of hydrazone groups is 1. The number of benzene rings is 1. The summed E-state index contributed by atoms with van der Waals surface area (Å²) < 4.78 is 39.8. The van der Waals surface area contributed by atoms with Crippen molar-refractivity contribution in [1.29, 1.82) is 0 Å². The topological polar surface area (TPSA) is 49.2 Å². The van der Waals surface area contributed by atoms with Crippen molar-refractivity contribution in [3.63, 3.8) is 0 Å². The molecule has 0 aromatic heterocycles. The molecular formula is C12H13F3N4O. The molecule has 1 aromatic carbocycles. The van der Waals surface area contributed by atoms with Crippen LogP contribution in [0.4, 0.5) is 13.2 Å². The minimum absolute atomic E-state index is 0.259. The Morgan fingerprint density at radius 3 is 2.60 bits per heavy atom. The summed E-state index contributed by atoms with van der Waals surface area (Å²) in [5, 5.41) is 8.74. The Morgan fingerprint density at radius 2 is 2.05 bits per heavy atom. The van der Waals surface area contributed by atoms with Crippen molar-refractivity contribution in [1.82, 2.24) is 10.3 Å². The number of aliphatic imine (C=N–C) groups is 1. The second-order valence-electron chi connectivity index (χ2n) is 4.02. The van der Waals surface area contributed by atoms with Crippen molar-refractivity contribution in [2.24, 2.45) is 10.1 Å². The highest BCUT2D eigenvalue weighted by Gasteiger charge is 2.30. The number of guanidine groups is 1. The van der Waals surface area contributed by atoms with E-state index < -0.39 is 6.36 Å². The Morgan fingerprint density at radius 1 is 1.35 bits per heavy atom. The fraction of sp³-hybridized carbons (Fsp3) is 0.333. The average molecular weight is 286 g/mol. The van der Waals surface area contributed by atoms with Crippen molar-refractivity contribution >= 4 is 12.2 Å². The van der Waals surface area contributed by atoms with E-state index in [1.54, 1.807) is 12.1 Å². The maximum absolute atomic E-state index is 12.0. The summed E-state index contributed by atoms with van der Waals surface area (Å²) in [6, 6.07) is 5.45. The van der Waals surface area contributed by atoms with E-state index in [0.717, 1.165) is 6.54 Å². The van der Waals surface area contributed by atoms with Crippen LogP contribution in [0.2, 0.25) is 0 Å². The van der Waals surface area contributed by atoms with Crippen molar-refractivity contribution in [2.75, 3.05) is 20.1 Å². The Kier molecular flexibility index (Phi) is 4.11. The van der Waals surface area contributed by atoms with Crippen LogP contribution >= 0.6 is 0 Å². The maximum atomic E-state index is 12.0. The zero-order valence-corrected chi connectivity index (χ0v) is 10.7. The first kappa shape index (κ1) is 14.2. The normalized spacial score (nSPS) is 15.1. The predicted molar refractivity (Wildman–Crippen MR) is 68.8 cm³/mol. The Hall–Kier alpha value is -2.25. The first-order chi connectivity index (χ1) is 9.44. The largest absolute Gasteiger partial charge is 0.573 e. The summed E-state index contributed by atoms with van der Waals surface area (Å²) in [5.41, 5.74) is 0.657. The van der Waals surface area contributed by atoms with Gasteiger partial charge in [-0.2, -0.15) is 5.10 Å². The highest BCUT2D eigenvalue weighted by molar-refractivity contribution is 5.84. The van der Waals surface area contributed by atoms with Crippen molar-refractivity contribution in [3.8, 4) is 5.75 Å². The lowest BCUT2D eigenvalue weighted by Gasteiger charge is -2.12. The number of nitrogens with zero attached hydrogens (tertiary/aromatic N) is 3. The lowest BCUT2D eigenvalue weighted by Crippen LogP contribution is -2.32. The lowest BCUT2D eigenvalue weighted by atomic mass is 10.2. The van der Waals surface area contributed by atoms with Gasteiger partial charge in [-0.15, -0.1) is 13.2 Å². The maximum Gasteiger partial charge on any atom is 0.573 e. The lowest BCUT2D eigenvalue weighted by molar-refractivity contribution is -0.274. The summed E-state index contributed by atoms with van der Waals surface area (Å²) in [6.45, 7) is 1.48. The molecule has 0 fully saturated rings.